The summed E-state index contributed by atoms with van der Waals surface area (Å²) in [4.78, 5) is 15.3. The van der Waals surface area contributed by atoms with Gasteiger partial charge in [-0.05, 0) is 41.3 Å². The second-order valence-electron chi connectivity index (χ2n) is 8.56. The third kappa shape index (κ3) is 4.41. The number of nitrogens with zero attached hydrogens (tertiary/aromatic N) is 2. The lowest BCUT2D eigenvalue weighted by Crippen LogP contribution is -2.26. The number of carbonyl (C=O) groups is 1. The number of hydrogen-bond donors (Lipinski definition) is 2. The second-order valence-corrected chi connectivity index (χ2v) is 8.56. The standard InChI is InChI=1S/C27H25N3O4/c28-13-19-11-24(31)26(25(12-19)34-16-18-5-2-1-3-6-18)27(32)30-14-20-7-4-8-23(22(20)15-30)29-21-9-10-33-17-21/h1-8,11-12,21,29,31H,9-10,14-17H2/t21-/m1/s1. The largest absolute Gasteiger partial charge is 0.507 e. The predicted octanol–water partition coefficient (Wildman–Crippen LogP) is 4.20. The second kappa shape index (κ2) is 9.46. The van der Waals surface area contributed by atoms with Gasteiger partial charge in [-0.2, -0.15) is 5.26 Å². The van der Waals surface area contributed by atoms with Crippen molar-refractivity contribution in [3.8, 4) is 17.6 Å². The van der Waals surface area contributed by atoms with Crippen molar-refractivity contribution in [1.29, 1.82) is 5.26 Å². The minimum atomic E-state index is -0.337. The van der Waals surface area contributed by atoms with Crippen LogP contribution >= 0.6 is 0 Å². The number of carbonyl (C=O) groups excluding carboxylic acids is 1. The third-order valence-electron chi connectivity index (χ3n) is 6.22. The Kier molecular flexibility index (Phi) is 6.07. The lowest BCUT2D eigenvalue weighted by molar-refractivity contribution is 0.0743. The van der Waals surface area contributed by atoms with E-state index < -0.39 is 0 Å². The molecule has 3 aromatic carbocycles. The SMILES string of the molecule is N#Cc1cc(O)c(C(=O)N2Cc3cccc(N[C@@H]4CCOC4)c3C2)c(OCc2ccccc2)c1. The van der Waals surface area contributed by atoms with Gasteiger partial charge in [0.25, 0.3) is 5.91 Å². The molecule has 172 valence electrons. The zero-order valence-electron chi connectivity index (χ0n) is 18.7. The van der Waals surface area contributed by atoms with Crippen molar-refractivity contribution in [2.45, 2.75) is 32.2 Å². The number of aromatic hydroxyl groups is 1. The fourth-order valence-electron chi connectivity index (χ4n) is 4.46. The summed E-state index contributed by atoms with van der Waals surface area (Å²) in [5, 5.41) is 23.6. The molecule has 1 fully saturated rings. The summed E-state index contributed by atoms with van der Waals surface area (Å²) >= 11 is 0. The van der Waals surface area contributed by atoms with Crippen LogP contribution in [0.25, 0.3) is 0 Å². The molecule has 2 aliphatic rings. The number of benzene rings is 3. The summed E-state index contributed by atoms with van der Waals surface area (Å²) in [6.07, 6.45) is 0.952. The van der Waals surface area contributed by atoms with Gasteiger partial charge in [0.2, 0.25) is 0 Å². The van der Waals surface area contributed by atoms with Gasteiger partial charge in [-0.15, -0.1) is 0 Å². The molecule has 0 bridgehead atoms. The molecule has 34 heavy (non-hydrogen) atoms. The normalized spacial score (nSPS) is 16.7. The zero-order chi connectivity index (χ0) is 23.5. The maximum atomic E-state index is 13.6. The first-order valence-corrected chi connectivity index (χ1v) is 11.3. The third-order valence-corrected chi connectivity index (χ3v) is 6.22. The summed E-state index contributed by atoms with van der Waals surface area (Å²) in [6.45, 7) is 2.49. The van der Waals surface area contributed by atoms with Crippen LogP contribution in [0.1, 0.15) is 39.0 Å². The van der Waals surface area contributed by atoms with Gasteiger partial charge in [-0.25, -0.2) is 0 Å². The Hall–Kier alpha value is -4.02. The Balaban J connectivity index is 1.40. The van der Waals surface area contributed by atoms with Crippen LogP contribution in [0.3, 0.4) is 0 Å². The van der Waals surface area contributed by atoms with E-state index >= 15 is 0 Å². The zero-order valence-corrected chi connectivity index (χ0v) is 18.7. The topological polar surface area (TPSA) is 94.8 Å². The van der Waals surface area contributed by atoms with Gasteiger partial charge in [-0.3, -0.25) is 4.79 Å². The number of ether oxygens (including phenoxy) is 2. The predicted molar refractivity (Wildman–Crippen MR) is 126 cm³/mol. The molecule has 0 aromatic heterocycles. The smallest absolute Gasteiger partial charge is 0.262 e. The number of phenolic OH excluding ortho intramolecular Hbond substituents is 1. The number of fused-ring (bicyclic) bond motifs is 1. The molecule has 2 heterocycles. The highest BCUT2D eigenvalue weighted by molar-refractivity contribution is 6.00. The molecule has 7 heteroatoms. The lowest BCUT2D eigenvalue weighted by Gasteiger charge is -2.20. The average Bonchev–Trinajstić information content (AvgIpc) is 3.53. The number of rotatable bonds is 6. The molecule has 1 amide bonds. The van der Waals surface area contributed by atoms with Crippen LogP contribution in [0.15, 0.2) is 60.7 Å². The van der Waals surface area contributed by atoms with Crippen LogP contribution in [0.2, 0.25) is 0 Å². The van der Waals surface area contributed by atoms with Crippen molar-refractivity contribution >= 4 is 11.6 Å². The molecule has 0 unspecified atom stereocenters. The molecule has 7 nitrogen and oxygen atoms in total. The van der Waals surface area contributed by atoms with Crippen molar-refractivity contribution in [1.82, 2.24) is 4.90 Å². The molecule has 0 spiro atoms. The molecule has 5 rings (SSSR count). The fourth-order valence-corrected chi connectivity index (χ4v) is 4.46. The minimum Gasteiger partial charge on any atom is -0.507 e. The maximum Gasteiger partial charge on any atom is 0.262 e. The Morgan fingerprint density at radius 2 is 2.03 bits per heavy atom. The van der Waals surface area contributed by atoms with Gasteiger partial charge >= 0.3 is 0 Å². The number of nitrogens with one attached hydrogen (secondary N) is 1. The van der Waals surface area contributed by atoms with Gasteiger partial charge < -0.3 is 24.8 Å². The number of phenols is 1. The number of hydrogen-bond acceptors (Lipinski definition) is 6. The Morgan fingerprint density at radius 3 is 2.79 bits per heavy atom. The lowest BCUT2D eigenvalue weighted by atomic mass is 10.1. The molecule has 2 aliphatic heterocycles. The van der Waals surface area contributed by atoms with Crippen LogP contribution in [0, 0.1) is 11.3 Å². The highest BCUT2D eigenvalue weighted by Crippen LogP contribution is 2.36. The molecule has 2 N–H and O–H groups in total. The monoisotopic (exact) mass is 455 g/mol. The van der Waals surface area contributed by atoms with Gasteiger partial charge in [0.05, 0.1) is 24.3 Å². The van der Waals surface area contributed by atoms with Crippen LogP contribution in [0.4, 0.5) is 5.69 Å². The Bertz CT molecular complexity index is 1250. The fraction of sp³-hybridized carbons (Fsp3) is 0.259. The van der Waals surface area contributed by atoms with E-state index in [1.807, 2.05) is 54.6 Å². The molecule has 0 aliphatic carbocycles. The van der Waals surface area contributed by atoms with Crippen LogP contribution in [-0.4, -0.2) is 35.2 Å². The summed E-state index contributed by atoms with van der Waals surface area (Å²) in [7, 11) is 0. The first kappa shape index (κ1) is 21.8. The summed E-state index contributed by atoms with van der Waals surface area (Å²) in [5.74, 6) is -0.399. The van der Waals surface area contributed by atoms with E-state index in [0.717, 1.165) is 35.4 Å². The average molecular weight is 456 g/mol. The number of nitriles is 1. The molecule has 1 atom stereocenters. The molecule has 0 radical (unpaired) electrons. The van der Waals surface area contributed by atoms with Gasteiger partial charge in [0, 0.05) is 25.4 Å². The summed E-state index contributed by atoms with van der Waals surface area (Å²) < 4.78 is 11.4. The highest BCUT2D eigenvalue weighted by Gasteiger charge is 2.31. The first-order chi connectivity index (χ1) is 16.6. The van der Waals surface area contributed by atoms with E-state index in [0.29, 0.717) is 19.7 Å². The van der Waals surface area contributed by atoms with Gasteiger partial charge in [-0.1, -0.05) is 42.5 Å². The van der Waals surface area contributed by atoms with Gasteiger partial charge in [0.1, 0.15) is 23.7 Å². The van der Waals surface area contributed by atoms with E-state index in [-0.39, 0.29) is 41.2 Å². The van der Waals surface area contributed by atoms with Crippen LogP contribution in [-0.2, 0) is 24.4 Å². The van der Waals surface area contributed by atoms with Crippen molar-refractivity contribution in [2.24, 2.45) is 0 Å². The first-order valence-electron chi connectivity index (χ1n) is 11.3. The molecule has 0 saturated carbocycles. The van der Waals surface area contributed by atoms with E-state index in [1.165, 1.54) is 12.1 Å². The van der Waals surface area contributed by atoms with E-state index in [1.54, 1.807) is 4.90 Å². The maximum absolute atomic E-state index is 13.6. The van der Waals surface area contributed by atoms with Crippen molar-refractivity contribution < 1.29 is 19.4 Å². The van der Waals surface area contributed by atoms with E-state index in [2.05, 4.69) is 5.32 Å². The van der Waals surface area contributed by atoms with Crippen LogP contribution in [0.5, 0.6) is 11.5 Å². The van der Waals surface area contributed by atoms with Crippen molar-refractivity contribution in [3.05, 3.63) is 88.5 Å². The van der Waals surface area contributed by atoms with Crippen LogP contribution < -0.4 is 10.1 Å². The Labute approximate surface area is 198 Å². The molecule has 3 aromatic rings. The Morgan fingerprint density at radius 1 is 1.18 bits per heavy atom. The summed E-state index contributed by atoms with van der Waals surface area (Å²) in [5.41, 5.74) is 4.36. The van der Waals surface area contributed by atoms with Gasteiger partial charge in [0.15, 0.2) is 0 Å². The van der Waals surface area contributed by atoms with Crippen molar-refractivity contribution in [3.63, 3.8) is 0 Å². The van der Waals surface area contributed by atoms with E-state index in [4.69, 9.17) is 9.47 Å². The quantitative estimate of drug-likeness (QED) is 0.579. The molecule has 1 saturated heterocycles. The van der Waals surface area contributed by atoms with E-state index in [9.17, 15) is 15.2 Å². The highest BCUT2D eigenvalue weighted by atomic mass is 16.5. The molecular formula is C27H25N3O4. The molecular weight excluding hydrogens is 430 g/mol. The number of amides is 1. The number of anilines is 1. The van der Waals surface area contributed by atoms with Crippen molar-refractivity contribution in [2.75, 3.05) is 18.5 Å². The minimum absolute atomic E-state index is 0.0708. The summed E-state index contributed by atoms with van der Waals surface area (Å²) in [6, 6.07) is 20.7.